The standard InChI is InChI=1S/C12H12N8S/c13-10-16-11(18-12(17-10)20-7-14-6-15-20)19-3-1-9-8(5-19)2-4-21-9/h2,4,6-7H,1,3,5H2,(H2,13,16,17,18). The fourth-order valence-corrected chi connectivity index (χ4v) is 3.23. The van der Waals surface area contributed by atoms with Crippen LogP contribution in [0.25, 0.3) is 5.95 Å². The summed E-state index contributed by atoms with van der Waals surface area (Å²) in [5.41, 5.74) is 7.12. The molecule has 0 saturated carbocycles. The Morgan fingerprint density at radius 2 is 2.10 bits per heavy atom. The molecule has 21 heavy (non-hydrogen) atoms. The van der Waals surface area contributed by atoms with E-state index >= 15 is 0 Å². The largest absolute Gasteiger partial charge is 0.368 e. The van der Waals surface area contributed by atoms with Crippen LogP contribution in [0.15, 0.2) is 24.1 Å². The number of nitrogens with two attached hydrogens (primary N) is 1. The number of anilines is 2. The molecule has 0 unspecified atom stereocenters. The Hall–Kier alpha value is -2.55. The van der Waals surface area contributed by atoms with Crippen molar-refractivity contribution in [2.75, 3.05) is 17.2 Å². The monoisotopic (exact) mass is 300 g/mol. The number of nitrogen functional groups attached to an aromatic ring is 1. The predicted octanol–water partition coefficient (Wildman–Crippen LogP) is 0.659. The van der Waals surface area contributed by atoms with Crippen molar-refractivity contribution in [3.05, 3.63) is 34.5 Å². The lowest BCUT2D eigenvalue weighted by Crippen LogP contribution is -2.31. The second kappa shape index (κ2) is 4.77. The highest BCUT2D eigenvalue weighted by Crippen LogP contribution is 2.26. The maximum Gasteiger partial charge on any atom is 0.258 e. The van der Waals surface area contributed by atoms with Gasteiger partial charge in [-0.15, -0.1) is 11.3 Å². The fourth-order valence-electron chi connectivity index (χ4n) is 2.34. The third-order valence-corrected chi connectivity index (χ3v) is 4.37. The molecule has 0 spiro atoms. The van der Waals surface area contributed by atoms with Gasteiger partial charge in [-0.25, -0.2) is 4.98 Å². The summed E-state index contributed by atoms with van der Waals surface area (Å²) >= 11 is 1.80. The van der Waals surface area contributed by atoms with Crippen molar-refractivity contribution < 1.29 is 0 Å². The van der Waals surface area contributed by atoms with Crippen molar-refractivity contribution in [3.8, 4) is 5.95 Å². The van der Waals surface area contributed by atoms with Gasteiger partial charge in [0.1, 0.15) is 12.7 Å². The molecular weight excluding hydrogens is 288 g/mol. The van der Waals surface area contributed by atoms with Crippen LogP contribution >= 0.6 is 11.3 Å². The number of aromatic nitrogens is 6. The van der Waals surface area contributed by atoms with Gasteiger partial charge in [0.2, 0.25) is 11.9 Å². The van der Waals surface area contributed by atoms with E-state index in [4.69, 9.17) is 5.73 Å². The average molecular weight is 300 g/mol. The lowest BCUT2D eigenvalue weighted by molar-refractivity contribution is 0.703. The van der Waals surface area contributed by atoms with Crippen molar-refractivity contribution in [1.29, 1.82) is 0 Å². The molecule has 4 rings (SSSR count). The highest BCUT2D eigenvalue weighted by Gasteiger charge is 2.20. The highest BCUT2D eigenvalue weighted by molar-refractivity contribution is 7.10. The van der Waals surface area contributed by atoms with Crippen molar-refractivity contribution in [2.45, 2.75) is 13.0 Å². The van der Waals surface area contributed by atoms with Gasteiger partial charge in [-0.05, 0) is 23.4 Å². The Labute approximate surface area is 124 Å². The van der Waals surface area contributed by atoms with Crippen LogP contribution in [0.1, 0.15) is 10.4 Å². The first-order valence-electron chi connectivity index (χ1n) is 6.46. The number of hydrogen-bond acceptors (Lipinski definition) is 8. The van der Waals surface area contributed by atoms with E-state index in [2.05, 4.69) is 41.4 Å². The van der Waals surface area contributed by atoms with Crippen LogP contribution in [-0.2, 0) is 13.0 Å². The van der Waals surface area contributed by atoms with Crippen molar-refractivity contribution in [2.24, 2.45) is 0 Å². The van der Waals surface area contributed by atoms with Gasteiger partial charge in [-0.1, -0.05) is 0 Å². The Bertz CT molecular complexity index is 765. The molecule has 3 aromatic heterocycles. The zero-order valence-electron chi connectivity index (χ0n) is 11.0. The molecule has 0 atom stereocenters. The maximum absolute atomic E-state index is 5.80. The molecule has 1 aliphatic rings. The van der Waals surface area contributed by atoms with Gasteiger partial charge in [0.15, 0.2) is 0 Å². The average Bonchev–Trinajstić information content (AvgIpc) is 3.17. The van der Waals surface area contributed by atoms with Crippen LogP contribution in [0.5, 0.6) is 0 Å². The van der Waals surface area contributed by atoms with Gasteiger partial charge >= 0.3 is 0 Å². The molecule has 9 heteroatoms. The smallest absolute Gasteiger partial charge is 0.258 e. The summed E-state index contributed by atoms with van der Waals surface area (Å²) in [5, 5.41) is 6.14. The second-order valence-electron chi connectivity index (χ2n) is 4.67. The molecule has 0 aromatic carbocycles. The summed E-state index contributed by atoms with van der Waals surface area (Å²) < 4.78 is 1.47. The molecule has 8 nitrogen and oxygen atoms in total. The van der Waals surface area contributed by atoms with E-state index in [1.54, 1.807) is 11.3 Å². The zero-order chi connectivity index (χ0) is 14.2. The van der Waals surface area contributed by atoms with Crippen molar-refractivity contribution in [1.82, 2.24) is 29.7 Å². The highest BCUT2D eigenvalue weighted by atomic mass is 32.1. The first-order valence-corrected chi connectivity index (χ1v) is 7.34. The summed E-state index contributed by atoms with van der Waals surface area (Å²) in [7, 11) is 0. The molecule has 0 aliphatic carbocycles. The molecule has 0 amide bonds. The second-order valence-corrected chi connectivity index (χ2v) is 5.67. The normalized spacial score (nSPS) is 14.2. The number of rotatable bonds is 2. The van der Waals surface area contributed by atoms with Crippen LogP contribution in [0, 0.1) is 0 Å². The SMILES string of the molecule is Nc1nc(N2CCc3sccc3C2)nc(-n2cncn2)n1. The van der Waals surface area contributed by atoms with E-state index in [0.29, 0.717) is 11.9 Å². The van der Waals surface area contributed by atoms with Gasteiger partial charge in [-0.2, -0.15) is 24.7 Å². The molecule has 4 heterocycles. The molecule has 2 N–H and O–H groups in total. The van der Waals surface area contributed by atoms with Crippen molar-refractivity contribution in [3.63, 3.8) is 0 Å². The number of fused-ring (bicyclic) bond motifs is 1. The predicted molar refractivity (Wildman–Crippen MR) is 78.2 cm³/mol. The Morgan fingerprint density at radius 3 is 2.95 bits per heavy atom. The quantitative estimate of drug-likeness (QED) is 0.742. The van der Waals surface area contributed by atoms with E-state index in [-0.39, 0.29) is 5.95 Å². The van der Waals surface area contributed by atoms with Crippen LogP contribution in [0.3, 0.4) is 0 Å². The van der Waals surface area contributed by atoms with E-state index in [1.807, 2.05) is 0 Å². The van der Waals surface area contributed by atoms with Gasteiger partial charge in [0, 0.05) is 18.0 Å². The topological polar surface area (TPSA) is 98.6 Å². The lowest BCUT2D eigenvalue weighted by Gasteiger charge is -2.27. The van der Waals surface area contributed by atoms with E-state index in [9.17, 15) is 0 Å². The molecule has 0 saturated heterocycles. The van der Waals surface area contributed by atoms with Gasteiger partial charge in [0.05, 0.1) is 0 Å². The first-order chi connectivity index (χ1) is 10.3. The van der Waals surface area contributed by atoms with Crippen molar-refractivity contribution >= 4 is 23.2 Å². The zero-order valence-corrected chi connectivity index (χ0v) is 11.9. The summed E-state index contributed by atoms with van der Waals surface area (Å²) in [4.78, 5) is 20.2. The Morgan fingerprint density at radius 1 is 1.19 bits per heavy atom. The minimum absolute atomic E-state index is 0.182. The number of nitrogens with zero attached hydrogens (tertiary/aromatic N) is 7. The summed E-state index contributed by atoms with van der Waals surface area (Å²) in [6.07, 6.45) is 3.96. The van der Waals surface area contributed by atoms with Gasteiger partial charge < -0.3 is 10.6 Å². The molecule has 0 radical (unpaired) electrons. The summed E-state index contributed by atoms with van der Waals surface area (Å²) in [5.74, 6) is 1.14. The van der Waals surface area contributed by atoms with E-state index in [0.717, 1.165) is 19.5 Å². The van der Waals surface area contributed by atoms with Gasteiger partial charge in [0.25, 0.3) is 5.95 Å². The minimum atomic E-state index is 0.182. The van der Waals surface area contributed by atoms with Crippen LogP contribution < -0.4 is 10.6 Å². The molecule has 106 valence electrons. The third-order valence-electron chi connectivity index (χ3n) is 3.34. The maximum atomic E-state index is 5.80. The Kier molecular flexibility index (Phi) is 2.78. The van der Waals surface area contributed by atoms with E-state index < -0.39 is 0 Å². The molecule has 3 aromatic rings. The lowest BCUT2D eigenvalue weighted by atomic mass is 10.1. The number of hydrogen-bond donors (Lipinski definition) is 1. The number of thiophene rings is 1. The van der Waals surface area contributed by atoms with Crippen LogP contribution in [0.2, 0.25) is 0 Å². The van der Waals surface area contributed by atoms with E-state index in [1.165, 1.54) is 27.8 Å². The van der Waals surface area contributed by atoms with Crippen LogP contribution in [0.4, 0.5) is 11.9 Å². The summed E-state index contributed by atoms with van der Waals surface area (Å²) in [6.45, 7) is 1.66. The third kappa shape index (κ3) is 2.21. The Balaban J connectivity index is 1.70. The van der Waals surface area contributed by atoms with Crippen LogP contribution in [-0.4, -0.2) is 36.3 Å². The molecule has 0 bridgehead atoms. The van der Waals surface area contributed by atoms with Gasteiger partial charge in [-0.3, -0.25) is 0 Å². The minimum Gasteiger partial charge on any atom is -0.368 e. The summed E-state index contributed by atoms with van der Waals surface area (Å²) in [6, 6.07) is 2.15. The molecular formula is C12H12N8S. The first kappa shape index (κ1) is 12.2. The fraction of sp³-hybridized carbons (Fsp3) is 0.250. The molecule has 0 fully saturated rings. The molecule has 1 aliphatic heterocycles.